The second-order valence-corrected chi connectivity index (χ2v) is 5.97. The standard InChI is InChI=1S/C18H18ClNO4/c1-23-17-5-3-13(19)9-14(17)18(22)20-10-15(21)11-2-4-16-12(8-11)6-7-24-16/h2-5,8-9,15,21H,6-7,10H2,1H3,(H,20,22)/t15-/m0/s1. The fourth-order valence-corrected chi connectivity index (χ4v) is 2.85. The molecule has 0 saturated heterocycles. The maximum Gasteiger partial charge on any atom is 0.255 e. The Morgan fingerprint density at radius 3 is 3.00 bits per heavy atom. The average Bonchev–Trinajstić information content (AvgIpc) is 3.06. The van der Waals surface area contributed by atoms with E-state index in [9.17, 15) is 9.90 Å². The predicted molar refractivity (Wildman–Crippen MR) is 90.9 cm³/mol. The summed E-state index contributed by atoms with van der Waals surface area (Å²) in [6, 6.07) is 10.4. The van der Waals surface area contributed by atoms with Gasteiger partial charge in [-0.3, -0.25) is 4.79 Å². The molecule has 1 heterocycles. The lowest BCUT2D eigenvalue weighted by Crippen LogP contribution is -2.28. The summed E-state index contributed by atoms with van der Waals surface area (Å²) in [5.74, 6) is 0.942. The predicted octanol–water partition coefficient (Wildman–Crippen LogP) is 2.75. The van der Waals surface area contributed by atoms with Gasteiger partial charge in [0.15, 0.2) is 0 Å². The summed E-state index contributed by atoms with van der Waals surface area (Å²) in [6.07, 6.45) is 0.0344. The van der Waals surface area contributed by atoms with Crippen LogP contribution in [0.4, 0.5) is 0 Å². The smallest absolute Gasteiger partial charge is 0.255 e. The molecule has 2 aromatic carbocycles. The van der Waals surface area contributed by atoms with Gasteiger partial charge < -0.3 is 19.9 Å². The van der Waals surface area contributed by atoms with E-state index in [0.717, 1.165) is 23.3 Å². The Labute approximate surface area is 145 Å². The highest BCUT2D eigenvalue weighted by atomic mass is 35.5. The number of carbonyl (C=O) groups excluding carboxylic acids is 1. The number of aliphatic hydroxyl groups is 1. The Balaban J connectivity index is 1.67. The van der Waals surface area contributed by atoms with Crippen molar-refractivity contribution in [3.05, 3.63) is 58.1 Å². The Kier molecular flexibility index (Phi) is 4.92. The van der Waals surface area contributed by atoms with Crippen LogP contribution in [0.25, 0.3) is 0 Å². The number of fused-ring (bicyclic) bond motifs is 1. The van der Waals surface area contributed by atoms with Crippen LogP contribution < -0.4 is 14.8 Å². The van der Waals surface area contributed by atoms with Gasteiger partial charge in [-0.05, 0) is 41.5 Å². The third-order valence-electron chi connectivity index (χ3n) is 3.96. The average molecular weight is 348 g/mol. The third kappa shape index (κ3) is 3.47. The van der Waals surface area contributed by atoms with Gasteiger partial charge in [0.1, 0.15) is 11.5 Å². The van der Waals surface area contributed by atoms with Crippen LogP contribution in [-0.2, 0) is 6.42 Å². The van der Waals surface area contributed by atoms with Crippen LogP contribution in [0.1, 0.15) is 27.6 Å². The quantitative estimate of drug-likeness (QED) is 0.872. The van der Waals surface area contributed by atoms with E-state index in [4.69, 9.17) is 21.1 Å². The largest absolute Gasteiger partial charge is 0.496 e. The van der Waals surface area contributed by atoms with Crippen molar-refractivity contribution >= 4 is 17.5 Å². The monoisotopic (exact) mass is 347 g/mol. The summed E-state index contributed by atoms with van der Waals surface area (Å²) in [6.45, 7) is 0.758. The summed E-state index contributed by atoms with van der Waals surface area (Å²) in [5.41, 5.74) is 2.16. The van der Waals surface area contributed by atoms with Gasteiger partial charge in [0, 0.05) is 18.0 Å². The Morgan fingerprint density at radius 1 is 1.38 bits per heavy atom. The SMILES string of the molecule is COc1ccc(Cl)cc1C(=O)NC[C@H](O)c1ccc2c(c1)CCO2. The van der Waals surface area contributed by atoms with Gasteiger partial charge in [-0.2, -0.15) is 0 Å². The summed E-state index contributed by atoms with van der Waals surface area (Å²) in [4.78, 5) is 12.3. The zero-order valence-corrected chi connectivity index (χ0v) is 14.0. The fourth-order valence-electron chi connectivity index (χ4n) is 2.67. The van der Waals surface area contributed by atoms with E-state index >= 15 is 0 Å². The first-order valence-corrected chi connectivity index (χ1v) is 8.01. The Morgan fingerprint density at radius 2 is 2.21 bits per heavy atom. The summed E-state index contributed by atoms with van der Waals surface area (Å²) < 4.78 is 10.6. The molecule has 1 amide bonds. The van der Waals surface area contributed by atoms with Crippen LogP contribution in [0.5, 0.6) is 11.5 Å². The molecule has 0 aromatic heterocycles. The van der Waals surface area contributed by atoms with Crippen molar-refractivity contribution in [2.24, 2.45) is 0 Å². The molecular formula is C18H18ClNO4. The van der Waals surface area contributed by atoms with Crippen LogP contribution in [0.15, 0.2) is 36.4 Å². The molecule has 0 bridgehead atoms. The molecule has 1 aliphatic heterocycles. The van der Waals surface area contributed by atoms with Gasteiger partial charge in [-0.15, -0.1) is 0 Å². The molecule has 0 aliphatic carbocycles. The first-order chi connectivity index (χ1) is 11.6. The molecule has 1 aliphatic rings. The van der Waals surface area contributed by atoms with Crippen molar-refractivity contribution in [1.82, 2.24) is 5.32 Å². The van der Waals surface area contributed by atoms with Crippen molar-refractivity contribution in [1.29, 1.82) is 0 Å². The van der Waals surface area contributed by atoms with Gasteiger partial charge >= 0.3 is 0 Å². The van der Waals surface area contributed by atoms with Crippen molar-refractivity contribution in [2.75, 3.05) is 20.3 Å². The molecule has 0 saturated carbocycles. The zero-order chi connectivity index (χ0) is 17.1. The highest BCUT2D eigenvalue weighted by Crippen LogP contribution is 2.28. The second kappa shape index (κ2) is 7.11. The first-order valence-electron chi connectivity index (χ1n) is 7.64. The zero-order valence-electron chi connectivity index (χ0n) is 13.2. The van der Waals surface area contributed by atoms with Gasteiger partial charge in [-0.25, -0.2) is 0 Å². The van der Waals surface area contributed by atoms with Crippen molar-refractivity contribution in [2.45, 2.75) is 12.5 Å². The van der Waals surface area contributed by atoms with Gasteiger partial charge in [0.2, 0.25) is 0 Å². The number of halogens is 1. The van der Waals surface area contributed by atoms with E-state index in [2.05, 4.69) is 5.32 Å². The highest BCUT2D eigenvalue weighted by molar-refractivity contribution is 6.31. The van der Waals surface area contributed by atoms with E-state index in [1.807, 2.05) is 12.1 Å². The second-order valence-electron chi connectivity index (χ2n) is 5.54. The van der Waals surface area contributed by atoms with Crippen LogP contribution in [0.2, 0.25) is 5.02 Å². The molecule has 1 atom stereocenters. The minimum atomic E-state index is -0.801. The number of hydrogen-bond donors (Lipinski definition) is 2. The van der Waals surface area contributed by atoms with Gasteiger partial charge in [-0.1, -0.05) is 17.7 Å². The molecule has 5 nitrogen and oxygen atoms in total. The van der Waals surface area contributed by atoms with Crippen LogP contribution >= 0.6 is 11.6 Å². The Hall–Kier alpha value is -2.24. The minimum Gasteiger partial charge on any atom is -0.496 e. The lowest BCUT2D eigenvalue weighted by molar-refractivity contribution is 0.0913. The molecule has 0 unspecified atom stereocenters. The molecule has 0 spiro atoms. The summed E-state index contributed by atoms with van der Waals surface area (Å²) in [7, 11) is 1.49. The molecule has 24 heavy (non-hydrogen) atoms. The number of amides is 1. The van der Waals surface area contributed by atoms with Crippen LogP contribution in [-0.4, -0.2) is 31.3 Å². The number of aliphatic hydroxyl groups excluding tert-OH is 1. The van der Waals surface area contributed by atoms with E-state index in [1.165, 1.54) is 13.2 Å². The summed E-state index contributed by atoms with van der Waals surface area (Å²) in [5, 5.41) is 13.5. The van der Waals surface area contributed by atoms with Crippen molar-refractivity contribution < 1.29 is 19.4 Å². The van der Waals surface area contributed by atoms with E-state index < -0.39 is 6.10 Å². The molecule has 2 N–H and O–H groups in total. The minimum absolute atomic E-state index is 0.0914. The van der Waals surface area contributed by atoms with E-state index in [1.54, 1.807) is 18.2 Å². The first kappa shape index (κ1) is 16.6. The normalized spacial score (nSPS) is 13.8. The number of benzene rings is 2. The van der Waals surface area contributed by atoms with Gasteiger partial charge in [0.05, 0.1) is 25.4 Å². The fraction of sp³-hybridized carbons (Fsp3) is 0.278. The number of rotatable bonds is 5. The third-order valence-corrected chi connectivity index (χ3v) is 4.20. The highest BCUT2D eigenvalue weighted by Gasteiger charge is 2.18. The number of methoxy groups -OCH3 is 1. The lowest BCUT2D eigenvalue weighted by Gasteiger charge is -2.14. The van der Waals surface area contributed by atoms with Crippen molar-refractivity contribution in [3.63, 3.8) is 0 Å². The molecule has 6 heteroatoms. The van der Waals surface area contributed by atoms with Crippen LogP contribution in [0, 0.1) is 0 Å². The maximum absolute atomic E-state index is 12.3. The summed E-state index contributed by atoms with van der Waals surface area (Å²) >= 11 is 5.93. The molecule has 3 rings (SSSR count). The van der Waals surface area contributed by atoms with Crippen LogP contribution in [0.3, 0.4) is 0 Å². The number of hydrogen-bond acceptors (Lipinski definition) is 4. The molecular weight excluding hydrogens is 330 g/mol. The molecule has 0 radical (unpaired) electrons. The molecule has 2 aromatic rings. The molecule has 0 fully saturated rings. The van der Waals surface area contributed by atoms with Crippen molar-refractivity contribution in [3.8, 4) is 11.5 Å². The van der Waals surface area contributed by atoms with E-state index in [-0.39, 0.29) is 12.5 Å². The number of ether oxygens (including phenoxy) is 2. The number of nitrogens with one attached hydrogen (secondary N) is 1. The topological polar surface area (TPSA) is 67.8 Å². The number of carbonyl (C=O) groups is 1. The van der Waals surface area contributed by atoms with Gasteiger partial charge in [0.25, 0.3) is 5.91 Å². The Bertz CT molecular complexity index is 763. The molecule has 126 valence electrons. The maximum atomic E-state index is 12.3. The lowest BCUT2D eigenvalue weighted by atomic mass is 10.0. The van der Waals surface area contributed by atoms with E-state index in [0.29, 0.717) is 22.9 Å².